The smallest absolute Gasteiger partial charge is 0.394 e. The van der Waals surface area contributed by atoms with Crippen molar-refractivity contribution in [2.24, 2.45) is 5.92 Å². The van der Waals surface area contributed by atoms with Crippen LogP contribution in [-0.2, 0) is 5.75 Å². The summed E-state index contributed by atoms with van der Waals surface area (Å²) in [7, 11) is 0. The number of ether oxygens (including phenoxy) is 1. The van der Waals surface area contributed by atoms with E-state index in [1.165, 1.54) is 17.8 Å². The lowest BCUT2D eigenvalue weighted by Crippen LogP contribution is -2.37. The molecule has 0 aliphatic carbocycles. The van der Waals surface area contributed by atoms with Gasteiger partial charge in [0.05, 0.1) is 10.5 Å². The Morgan fingerprint density at radius 2 is 2.03 bits per heavy atom. The number of amides is 1. The minimum absolute atomic E-state index is 0.00506. The van der Waals surface area contributed by atoms with Crippen molar-refractivity contribution in [3.05, 3.63) is 52.3 Å². The number of alkyl halides is 2. The molecule has 0 N–H and O–H groups in total. The quantitative estimate of drug-likeness (QED) is 0.471. The van der Waals surface area contributed by atoms with Crippen LogP contribution >= 0.6 is 27.7 Å². The highest BCUT2D eigenvalue weighted by Crippen LogP contribution is 2.36. The van der Waals surface area contributed by atoms with E-state index >= 15 is 0 Å². The molecule has 1 aliphatic rings. The molecular formula is C21H23BrF2N2O2S. The predicted octanol–water partition coefficient (Wildman–Crippen LogP) is 6.00. The Morgan fingerprint density at radius 3 is 2.72 bits per heavy atom. The standard InChI is InChI=1S/C21H23BrF2N2O2S/c1-14-5-7-26(8-6-14)20(27)16-9-15(11-25-12-16)13-29-19-4-3-17(22)10-18(19)28-21(2,23)24/h3-4,9-12,14H,5-8,13H2,1-2H3. The van der Waals surface area contributed by atoms with E-state index in [2.05, 4.69) is 27.8 Å². The van der Waals surface area contributed by atoms with Crippen LogP contribution in [0.4, 0.5) is 8.78 Å². The third kappa shape index (κ3) is 6.40. The molecule has 1 aliphatic heterocycles. The highest BCUT2D eigenvalue weighted by molar-refractivity contribution is 9.10. The summed E-state index contributed by atoms with van der Waals surface area (Å²) in [5.74, 6) is 1.24. The van der Waals surface area contributed by atoms with Crippen LogP contribution in [0.5, 0.6) is 5.75 Å². The zero-order chi connectivity index (χ0) is 21.0. The number of thioether (sulfide) groups is 1. The summed E-state index contributed by atoms with van der Waals surface area (Å²) in [5, 5.41) is 0. The van der Waals surface area contributed by atoms with Crippen molar-refractivity contribution in [1.82, 2.24) is 9.88 Å². The van der Waals surface area contributed by atoms with Crippen molar-refractivity contribution >= 4 is 33.6 Å². The molecule has 0 atom stereocenters. The molecule has 8 heteroatoms. The first kappa shape index (κ1) is 22.0. The van der Waals surface area contributed by atoms with Gasteiger partial charge in [-0.25, -0.2) is 0 Å². The topological polar surface area (TPSA) is 42.4 Å². The van der Waals surface area contributed by atoms with E-state index < -0.39 is 6.11 Å². The number of hydrogen-bond donors (Lipinski definition) is 0. The number of carbonyl (C=O) groups excluding carboxylic acids is 1. The zero-order valence-electron chi connectivity index (χ0n) is 16.3. The highest BCUT2D eigenvalue weighted by Gasteiger charge is 2.25. The lowest BCUT2D eigenvalue weighted by atomic mass is 9.99. The Morgan fingerprint density at radius 1 is 1.31 bits per heavy atom. The molecule has 0 radical (unpaired) electrons. The highest BCUT2D eigenvalue weighted by atomic mass is 79.9. The van der Waals surface area contributed by atoms with Gasteiger partial charge in [0.1, 0.15) is 5.75 Å². The molecule has 156 valence electrons. The van der Waals surface area contributed by atoms with Crippen LogP contribution in [-0.4, -0.2) is 35.0 Å². The van der Waals surface area contributed by atoms with Gasteiger partial charge in [-0.1, -0.05) is 22.9 Å². The van der Waals surface area contributed by atoms with Crippen molar-refractivity contribution < 1.29 is 18.3 Å². The molecule has 1 aromatic heterocycles. The van der Waals surface area contributed by atoms with Crippen LogP contribution in [0, 0.1) is 5.92 Å². The first-order valence-electron chi connectivity index (χ1n) is 9.43. The number of pyridine rings is 1. The molecule has 1 saturated heterocycles. The fraction of sp³-hybridized carbons (Fsp3) is 0.429. The molecule has 29 heavy (non-hydrogen) atoms. The molecule has 2 aromatic rings. The molecule has 3 rings (SSSR count). The molecule has 0 saturated carbocycles. The number of rotatable bonds is 6. The Hall–Kier alpha value is -1.67. The third-order valence-electron chi connectivity index (χ3n) is 4.70. The maximum atomic E-state index is 13.3. The van der Waals surface area contributed by atoms with Crippen molar-refractivity contribution in [2.75, 3.05) is 13.1 Å². The monoisotopic (exact) mass is 484 g/mol. The lowest BCUT2D eigenvalue weighted by Gasteiger charge is -2.30. The molecule has 1 aromatic carbocycles. The Labute approximate surface area is 182 Å². The summed E-state index contributed by atoms with van der Waals surface area (Å²) in [5.41, 5.74) is 1.41. The van der Waals surface area contributed by atoms with Gasteiger partial charge in [0.25, 0.3) is 5.91 Å². The zero-order valence-corrected chi connectivity index (χ0v) is 18.7. The number of nitrogens with zero attached hydrogens (tertiary/aromatic N) is 2. The first-order chi connectivity index (χ1) is 13.7. The van der Waals surface area contributed by atoms with Gasteiger partial charge in [0.2, 0.25) is 0 Å². The summed E-state index contributed by atoms with van der Waals surface area (Å²) in [6.45, 7) is 4.45. The summed E-state index contributed by atoms with van der Waals surface area (Å²) in [6, 6.07) is 6.86. The Bertz CT molecular complexity index is 868. The summed E-state index contributed by atoms with van der Waals surface area (Å²) < 4.78 is 32.1. The fourth-order valence-electron chi connectivity index (χ4n) is 3.11. The second kappa shape index (κ2) is 9.43. The van der Waals surface area contributed by atoms with Crippen LogP contribution in [0.15, 0.2) is 46.0 Å². The number of likely N-dealkylation sites (tertiary alicyclic amines) is 1. The van der Waals surface area contributed by atoms with Crippen LogP contribution in [0.3, 0.4) is 0 Å². The maximum Gasteiger partial charge on any atom is 0.394 e. The molecule has 1 fully saturated rings. The summed E-state index contributed by atoms with van der Waals surface area (Å²) in [4.78, 5) is 19.4. The van der Waals surface area contributed by atoms with Crippen LogP contribution < -0.4 is 4.74 Å². The molecule has 0 bridgehead atoms. The van der Waals surface area contributed by atoms with E-state index in [9.17, 15) is 13.6 Å². The van der Waals surface area contributed by atoms with Gasteiger partial charge in [-0.2, -0.15) is 8.78 Å². The van der Waals surface area contributed by atoms with Gasteiger partial charge in [-0.3, -0.25) is 9.78 Å². The van der Waals surface area contributed by atoms with E-state index in [1.807, 2.05) is 11.0 Å². The number of benzene rings is 1. The molecule has 4 nitrogen and oxygen atoms in total. The second-order valence-electron chi connectivity index (χ2n) is 7.35. The average Bonchev–Trinajstić information content (AvgIpc) is 2.66. The number of halogens is 3. The number of piperidine rings is 1. The van der Waals surface area contributed by atoms with Gasteiger partial charge < -0.3 is 9.64 Å². The van der Waals surface area contributed by atoms with Gasteiger partial charge >= 0.3 is 6.11 Å². The summed E-state index contributed by atoms with van der Waals surface area (Å²) >= 11 is 4.64. The Balaban J connectivity index is 1.69. The van der Waals surface area contributed by atoms with E-state index in [-0.39, 0.29) is 11.7 Å². The van der Waals surface area contributed by atoms with Crippen molar-refractivity contribution in [2.45, 2.75) is 43.4 Å². The minimum Gasteiger partial charge on any atom is -0.432 e. The van der Waals surface area contributed by atoms with Crippen LogP contribution in [0.1, 0.15) is 42.6 Å². The van der Waals surface area contributed by atoms with Gasteiger partial charge in [0.15, 0.2) is 0 Å². The maximum absolute atomic E-state index is 13.3. The third-order valence-corrected chi connectivity index (χ3v) is 6.32. The molecule has 1 amide bonds. The second-order valence-corrected chi connectivity index (χ2v) is 9.28. The van der Waals surface area contributed by atoms with Crippen molar-refractivity contribution in [1.29, 1.82) is 0 Å². The van der Waals surface area contributed by atoms with E-state index in [0.29, 0.717) is 33.5 Å². The van der Waals surface area contributed by atoms with E-state index in [0.717, 1.165) is 31.5 Å². The fourth-order valence-corrected chi connectivity index (χ4v) is 4.34. The van der Waals surface area contributed by atoms with E-state index in [1.54, 1.807) is 24.5 Å². The van der Waals surface area contributed by atoms with Crippen LogP contribution in [0.2, 0.25) is 0 Å². The number of aromatic nitrogens is 1. The normalized spacial score (nSPS) is 15.4. The molecular weight excluding hydrogens is 462 g/mol. The predicted molar refractivity (Wildman–Crippen MR) is 113 cm³/mol. The molecule has 0 unspecified atom stereocenters. The number of hydrogen-bond acceptors (Lipinski definition) is 4. The van der Waals surface area contributed by atoms with Gasteiger partial charge in [0, 0.05) is 42.6 Å². The van der Waals surface area contributed by atoms with Gasteiger partial charge in [-0.15, -0.1) is 11.8 Å². The minimum atomic E-state index is -3.27. The van der Waals surface area contributed by atoms with Crippen molar-refractivity contribution in [3.63, 3.8) is 0 Å². The van der Waals surface area contributed by atoms with Crippen molar-refractivity contribution in [3.8, 4) is 5.75 Å². The van der Waals surface area contributed by atoms with Crippen LogP contribution in [0.25, 0.3) is 0 Å². The SMILES string of the molecule is CC1CCN(C(=O)c2cncc(CSc3ccc(Br)cc3OC(C)(F)F)c2)CC1. The average molecular weight is 485 g/mol. The van der Waals surface area contributed by atoms with E-state index in [4.69, 9.17) is 4.74 Å². The first-order valence-corrected chi connectivity index (χ1v) is 11.2. The summed E-state index contributed by atoms with van der Waals surface area (Å²) in [6.07, 6.45) is 2.04. The molecule has 2 heterocycles. The van der Waals surface area contributed by atoms with Gasteiger partial charge in [-0.05, 0) is 48.6 Å². The largest absolute Gasteiger partial charge is 0.432 e. The Kier molecular flexibility index (Phi) is 7.16. The number of carbonyl (C=O) groups is 1. The molecule has 0 spiro atoms. The lowest BCUT2D eigenvalue weighted by molar-refractivity contribution is -0.160.